The second-order valence-corrected chi connectivity index (χ2v) is 11.2. The first-order valence-electron chi connectivity index (χ1n) is 14.7. The number of ether oxygens (including phenoxy) is 2. The van der Waals surface area contributed by atoms with E-state index in [2.05, 4.69) is 0 Å². The lowest BCUT2D eigenvalue weighted by molar-refractivity contribution is -0.101. The molecule has 4 atom stereocenters. The second kappa shape index (κ2) is 14.6. The summed E-state index contributed by atoms with van der Waals surface area (Å²) in [5, 5.41) is 0. The number of carbonyl (C=O) groups is 2. The van der Waals surface area contributed by atoms with Gasteiger partial charge in [0.15, 0.2) is 0 Å². The van der Waals surface area contributed by atoms with Gasteiger partial charge in [-0.25, -0.2) is 14.0 Å². The molecule has 4 rings (SSSR count). The molecule has 1 aliphatic carbocycles. The molecule has 2 aromatic carbocycles. The minimum absolute atomic E-state index is 0.0719. The quantitative estimate of drug-likeness (QED) is 0.281. The minimum Gasteiger partial charge on any atom is -0.453 e. The van der Waals surface area contributed by atoms with Gasteiger partial charge in [-0.2, -0.15) is 13.2 Å². The van der Waals surface area contributed by atoms with Gasteiger partial charge >= 0.3 is 18.4 Å². The Bertz CT molecular complexity index is 1370. The summed E-state index contributed by atoms with van der Waals surface area (Å²) < 4.78 is 66.1. The average Bonchev–Trinajstić information content (AvgIpc) is 3.02. The van der Waals surface area contributed by atoms with Gasteiger partial charge < -0.3 is 14.4 Å². The Morgan fingerprint density at radius 2 is 1.73 bits per heavy atom. The molecule has 236 valence electrons. The van der Waals surface area contributed by atoms with Crippen molar-refractivity contribution in [3.8, 4) is 0 Å². The fraction of sp³-hybridized carbons (Fsp3) is 0.412. The van der Waals surface area contributed by atoms with E-state index in [0.717, 1.165) is 17.2 Å². The Balaban J connectivity index is 1.66. The highest BCUT2D eigenvalue weighted by Gasteiger charge is 2.44. The summed E-state index contributed by atoms with van der Waals surface area (Å²) in [6.45, 7) is 2.29. The monoisotopic (exact) mass is 614 g/mol. The van der Waals surface area contributed by atoms with Gasteiger partial charge in [0.25, 0.3) is 0 Å². The maximum absolute atomic E-state index is 13.9. The van der Waals surface area contributed by atoms with E-state index in [0.29, 0.717) is 18.5 Å². The molecule has 0 N–H and O–H groups in total. The van der Waals surface area contributed by atoms with E-state index in [1.165, 1.54) is 25.0 Å². The van der Waals surface area contributed by atoms with Gasteiger partial charge in [0, 0.05) is 42.2 Å². The molecular weight excluding hydrogens is 576 g/mol. The number of alkyl halides is 4. The smallest absolute Gasteiger partial charge is 0.414 e. The third kappa shape index (κ3) is 7.89. The van der Waals surface area contributed by atoms with Crippen LogP contribution in [-0.4, -0.2) is 60.6 Å². The summed E-state index contributed by atoms with van der Waals surface area (Å²) >= 11 is 0. The lowest BCUT2D eigenvalue weighted by Gasteiger charge is -2.45. The SMILES string of the molecule is CC[C@@H]1C[C@H](N(CC2C=C(CF)C=C(C(F)(F)F)C2C)C(=O)OC)C/C(=C\c2ccccc2)N1C(=O)OCc1ccccc1. The van der Waals surface area contributed by atoms with Gasteiger partial charge in [-0.15, -0.1) is 0 Å². The Morgan fingerprint density at radius 1 is 1.07 bits per heavy atom. The molecule has 1 aliphatic heterocycles. The number of allylic oxidation sites excluding steroid dienone is 3. The highest BCUT2D eigenvalue weighted by Crippen LogP contribution is 2.41. The lowest BCUT2D eigenvalue weighted by atomic mass is 9.80. The zero-order valence-corrected chi connectivity index (χ0v) is 25.1. The van der Waals surface area contributed by atoms with Crippen LogP contribution >= 0.6 is 0 Å². The summed E-state index contributed by atoms with van der Waals surface area (Å²) in [5.41, 5.74) is 1.38. The summed E-state index contributed by atoms with van der Waals surface area (Å²) in [4.78, 5) is 29.8. The van der Waals surface area contributed by atoms with Crippen molar-refractivity contribution in [3.05, 3.63) is 101 Å². The zero-order chi connectivity index (χ0) is 31.9. The number of amides is 2. The van der Waals surface area contributed by atoms with Gasteiger partial charge in [-0.05, 0) is 47.6 Å². The molecule has 0 bridgehead atoms. The number of hydrogen-bond donors (Lipinski definition) is 0. The molecule has 10 heteroatoms. The summed E-state index contributed by atoms with van der Waals surface area (Å²) in [5.74, 6) is -1.80. The predicted molar refractivity (Wildman–Crippen MR) is 160 cm³/mol. The molecule has 2 aliphatic rings. The largest absolute Gasteiger partial charge is 0.453 e. The van der Waals surface area contributed by atoms with Crippen LogP contribution in [0.1, 0.15) is 44.2 Å². The van der Waals surface area contributed by atoms with Gasteiger partial charge in [0.2, 0.25) is 0 Å². The van der Waals surface area contributed by atoms with Crippen molar-refractivity contribution >= 4 is 18.3 Å². The standard InChI is InChI=1S/C34H38F4N2O4/c1-4-28-18-29(39(32(41)43-3)21-27-15-26(20-35)17-31(23(27)2)34(36,37)38)19-30(16-24-11-7-5-8-12-24)40(28)33(42)44-22-25-13-9-6-10-14-25/h5-17,23,27-29H,4,18-22H2,1-3H3/b30-16+/t23?,27?,28-,29+/m1/s1. The first-order valence-corrected chi connectivity index (χ1v) is 14.7. The summed E-state index contributed by atoms with van der Waals surface area (Å²) in [7, 11) is 1.22. The molecule has 1 heterocycles. The van der Waals surface area contributed by atoms with Crippen LogP contribution in [0, 0.1) is 11.8 Å². The fourth-order valence-corrected chi connectivity index (χ4v) is 5.97. The van der Waals surface area contributed by atoms with Crippen LogP contribution in [0.25, 0.3) is 6.08 Å². The molecule has 0 aromatic heterocycles. The van der Waals surface area contributed by atoms with Crippen molar-refractivity contribution < 1.29 is 36.6 Å². The van der Waals surface area contributed by atoms with Crippen LogP contribution in [0.3, 0.4) is 0 Å². The minimum atomic E-state index is -4.63. The van der Waals surface area contributed by atoms with Crippen LogP contribution < -0.4 is 0 Å². The van der Waals surface area contributed by atoms with E-state index in [1.54, 1.807) is 4.90 Å². The Morgan fingerprint density at radius 3 is 2.32 bits per heavy atom. The van der Waals surface area contributed by atoms with Crippen LogP contribution in [0.4, 0.5) is 27.2 Å². The third-order valence-electron chi connectivity index (χ3n) is 8.31. The van der Waals surface area contributed by atoms with E-state index in [9.17, 15) is 27.2 Å². The molecule has 2 unspecified atom stereocenters. The Hall–Kier alpha value is -4.08. The molecule has 1 fully saturated rings. The molecule has 44 heavy (non-hydrogen) atoms. The molecule has 2 amide bonds. The number of benzene rings is 2. The van der Waals surface area contributed by atoms with Crippen LogP contribution in [-0.2, 0) is 16.1 Å². The average molecular weight is 615 g/mol. The molecule has 6 nitrogen and oxygen atoms in total. The summed E-state index contributed by atoms with van der Waals surface area (Å²) in [6, 6.07) is 17.8. The van der Waals surface area contributed by atoms with Crippen molar-refractivity contribution in [2.75, 3.05) is 20.3 Å². The Kier molecular flexibility index (Phi) is 10.9. The topological polar surface area (TPSA) is 59.1 Å². The maximum Gasteiger partial charge on any atom is 0.414 e. The first kappa shape index (κ1) is 32.8. The lowest BCUT2D eigenvalue weighted by Crippen LogP contribution is -2.53. The Labute approximate surface area is 255 Å². The van der Waals surface area contributed by atoms with Crippen molar-refractivity contribution in [2.45, 2.75) is 58.0 Å². The van der Waals surface area contributed by atoms with E-state index in [-0.39, 0.29) is 31.2 Å². The molecule has 0 spiro atoms. The highest BCUT2D eigenvalue weighted by molar-refractivity contribution is 5.74. The number of piperidine rings is 1. The van der Waals surface area contributed by atoms with E-state index in [1.807, 2.05) is 73.7 Å². The van der Waals surface area contributed by atoms with Crippen LogP contribution in [0.15, 0.2) is 89.7 Å². The molecule has 1 saturated heterocycles. The first-order chi connectivity index (χ1) is 21.0. The molecule has 2 aromatic rings. The number of hydrogen-bond acceptors (Lipinski definition) is 4. The highest BCUT2D eigenvalue weighted by atomic mass is 19.4. The zero-order valence-electron chi connectivity index (χ0n) is 25.1. The number of rotatable bonds is 8. The number of likely N-dealkylation sites (tertiary alicyclic amines) is 1. The maximum atomic E-state index is 13.9. The van der Waals surface area contributed by atoms with Crippen LogP contribution in [0.5, 0.6) is 0 Å². The van der Waals surface area contributed by atoms with Gasteiger partial charge in [-0.1, -0.05) is 80.6 Å². The summed E-state index contributed by atoms with van der Waals surface area (Å²) in [6.07, 6.45) is -0.552. The van der Waals surface area contributed by atoms with Crippen LogP contribution in [0.2, 0.25) is 0 Å². The van der Waals surface area contributed by atoms with Crippen molar-refractivity contribution in [1.29, 1.82) is 0 Å². The number of halogens is 4. The van der Waals surface area contributed by atoms with E-state index >= 15 is 0 Å². The molecule has 0 radical (unpaired) electrons. The van der Waals surface area contributed by atoms with E-state index in [4.69, 9.17) is 9.47 Å². The predicted octanol–water partition coefficient (Wildman–Crippen LogP) is 8.33. The van der Waals surface area contributed by atoms with Gasteiger partial charge in [0.1, 0.15) is 13.3 Å². The fourth-order valence-electron chi connectivity index (χ4n) is 5.97. The number of nitrogens with zero attached hydrogens (tertiary/aromatic N) is 2. The van der Waals surface area contributed by atoms with Crippen molar-refractivity contribution in [2.24, 2.45) is 11.8 Å². The van der Waals surface area contributed by atoms with Crippen molar-refractivity contribution in [3.63, 3.8) is 0 Å². The number of methoxy groups -OCH3 is 1. The van der Waals surface area contributed by atoms with E-state index < -0.39 is 48.5 Å². The second-order valence-electron chi connectivity index (χ2n) is 11.2. The van der Waals surface area contributed by atoms with Gasteiger partial charge in [-0.3, -0.25) is 4.90 Å². The molecule has 0 saturated carbocycles. The molecular formula is C34H38F4N2O4. The van der Waals surface area contributed by atoms with Gasteiger partial charge in [0.05, 0.1) is 7.11 Å². The van der Waals surface area contributed by atoms with Crippen molar-refractivity contribution in [1.82, 2.24) is 9.80 Å². The third-order valence-corrected chi connectivity index (χ3v) is 8.31. The normalized spacial score (nSPS) is 23.1. The number of carbonyl (C=O) groups excluding carboxylic acids is 2.